The molecule has 2 rings (SSSR count). The van der Waals surface area contributed by atoms with E-state index in [1.807, 2.05) is 10.7 Å². The second-order valence-corrected chi connectivity index (χ2v) is 6.72. The van der Waals surface area contributed by atoms with Crippen molar-refractivity contribution in [3.8, 4) is 0 Å². The standard InChI is InChI=1S/C12H13Br3N4/c1-2-3-19-12(9(15)6-18-19)10(16)11-8(14)4-7(13)5-17-11/h4-6,10H,2-3,16H2,1H3. The van der Waals surface area contributed by atoms with E-state index in [-0.39, 0.29) is 6.04 Å². The normalized spacial score (nSPS) is 12.7. The van der Waals surface area contributed by atoms with Crippen molar-refractivity contribution < 1.29 is 0 Å². The minimum absolute atomic E-state index is 0.328. The molecule has 1 unspecified atom stereocenters. The van der Waals surface area contributed by atoms with Gasteiger partial charge in [0.15, 0.2) is 0 Å². The highest BCUT2D eigenvalue weighted by atomic mass is 79.9. The van der Waals surface area contributed by atoms with Gasteiger partial charge in [-0.3, -0.25) is 9.67 Å². The lowest BCUT2D eigenvalue weighted by Crippen LogP contribution is -2.19. The number of nitrogens with two attached hydrogens (primary N) is 1. The summed E-state index contributed by atoms with van der Waals surface area (Å²) in [6.45, 7) is 2.95. The number of halogens is 3. The number of hydrogen-bond acceptors (Lipinski definition) is 3. The third-order valence-electron chi connectivity index (χ3n) is 2.69. The molecule has 0 aliphatic carbocycles. The van der Waals surface area contributed by atoms with Crippen LogP contribution in [0.15, 0.2) is 31.9 Å². The highest BCUT2D eigenvalue weighted by Gasteiger charge is 2.21. The molecule has 4 nitrogen and oxygen atoms in total. The molecule has 0 spiro atoms. The molecule has 19 heavy (non-hydrogen) atoms. The first-order valence-electron chi connectivity index (χ1n) is 5.82. The summed E-state index contributed by atoms with van der Waals surface area (Å²) in [5.41, 5.74) is 8.08. The van der Waals surface area contributed by atoms with Gasteiger partial charge in [0.1, 0.15) is 0 Å². The van der Waals surface area contributed by atoms with Gasteiger partial charge in [0.25, 0.3) is 0 Å². The van der Waals surface area contributed by atoms with E-state index < -0.39 is 0 Å². The van der Waals surface area contributed by atoms with Crippen LogP contribution in [0.25, 0.3) is 0 Å². The zero-order valence-electron chi connectivity index (χ0n) is 10.3. The van der Waals surface area contributed by atoms with Gasteiger partial charge in [-0.15, -0.1) is 0 Å². The molecule has 0 fully saturated rings. The molecule has 0 saturated heterocycles. The molecule has 1 atom stereocenters. The van der Waals surface area contributed by atoms with Crippen molar-refractivity contribution in [3.63, 3.8) is 0 Å². The molecule has 0 aromatic carbocycles. The van der Waals surface area contributed by atoms with Crippen LogP contribution in [0.5, 0.6) is 0 Å². The summed E-state index contributed by atoms with van der Waals surface area (Å²) in [4.78, 5) is 4.40. The lowest BCUT2D eigenvalue weighted by Gasteiger charge is -2.16. The highest BCUT2D eigenvalue weighted by molar-refractivity contribution is 9.11. The lowest BCUT2D eigenvalue weighted by atomic mass is 10.1. The smallest absolute Gasteiger partial charge is 0.0920 e. The summed E-state index contributed by atoms with van der Waals surface area (Å²) in [7, 11) is 0. The second-order valence-electron chi connectivity index (χ2n) is 4.10. The predicted molar refractivity (Wildman–Crippen MR) is 85.9 cm³/mol. The Labute approximate surface area is 137 Å². The molecule has 2 heterocycles. The van der Waals surface area contributed by atoms with Crippen molar-refractivity contribution in [3.05, 3.63) is 43.3 Å². The summed E-state index contributed by atoms with van der Waals surface area (Å²) >= 11 is 10.4. The average molecular weight is 453 g/mol. The first-order chi connectivity index (χ1) is 9.04. The highest BCUT2D eigenvalue weighted by Crippen LogP contribution is 2.31. The number of aryl methyl sites for hydroxylation is 1. The van der Waals surface area contributed by atoms with Crippen molar-refractivity contribution >= 4 is 47.8 Å². The van der Waals surface area contributed by atoms with Crippen molar-refractivity contribution in [1.82, 2.24) is 14.8 Å². The van der Waals surface area contributed by atoms with Crippen LogP contribution in [-0.2, 0) is 6.54 Å². The minimum Gasteiger partial charge on any atom is -0.318 e. The zero-order valence-corrected chi connectivity index (χ0v) is 15.0. The van der Waals surface area contributed by atoms with Crippen molar-refractivity contribution in [2.24, 2.45) is 5.73 Å². The fourth-order valence-electron chi connectivity index (χ4n) is 1.85. The summed E-state index contributed by atoms with van der Waals surface area (Å²) in [6.07, 6.45) is 4.52. The molecule has 0 amide bonds. The quantitative estimate of drug-likeness (QED) is 0.762. The van der Waals surface area contributed by atoms with Crippen LogP contribution < -0.4 is 5.73 Å². The molecule has 7 heteroatoms. The summed E-state index contributed by atoms with van der Waals surface area (Å²) < 4.78 is 4.62. The number of aromatic nitrogens is 3. The van der Waals surface area contributed by atoms with E-state index in [9.17, 15) is 0 Å². The third kappa shape index (κ3) is 3.26. The summed E-state index contributed by atoms with van der Waals surface area (Å²) in [5.74, 6) is 0. The summed E-state index contributed by atoms with van der Waals surface area (Å²) in [5, 5.41) is 4.34. The Hall–Kier alpha value is -0.240. The number of nitrogens with zero attached hydrogens (tertiary/aromatic N) is 3. The van der Waals surface area contributed by atoms with E-state index in [1.165, 1.54) is 0 Å². The molecule has 102 valence electrons. The van der Waals surface area contributed by atoms with Gasteiger partial charge in [0.2, 0.25) is 0 Å². The van der Waals surface area contributed by atoms with Crippen molar-refractivity contribution in [1.29, 1.82) is 0 Å². The molecule has 0 saturated carbocycles. The topological polar surface area (TPSA) is 56.7 Å². The fourth-order valence-corrected chi connectivity index (χ4v) is 3.63. The zero-order chi connectivity index (χ0) is 14.0. The molecule has 2 aromatic heterocycles. The molecular weight excluding hydrogens is 440 g/mol. The van der Waals surface area contributed by atoms with E-state index in [0.29, 0.717) is 0 Å². The van der Waals surface area contributed by atoms with E-state index in [4.69, 9.17) is 5.73 Å². The second kappa shape index (κ2) is 6.47. The first-order valence-corrected chi connectivity index (χ1v) is 8.20. The maximum atomic E-state index is 6.34. The van der Waals surface area contributed by atoms with Gasteiger partial charge in [-0.05, 0) is 60.3 Å². The molecule has 0 radical (unpaired) electrons. The van der Waals surface area contributed by atoms with Crippen molar-refractivity contribution in [2.45, 2.75) is 25.9 Å². The average Bonchev–Trinajstić information content (AvgIpc) is 2.70. The number of rotatable bonds is 4. The van der Waals surface area contributed by atoms with E-state index in [1.54, 1.807) is 12.4 Å². The predicted octanol–water partition coefficient (Wildman–Crippen LogP) is 4.02. The van der Waals surface area contributed by atoms with Crippen LogP contribution in [0, 0.1) is 0 Å². The summed E-state index contributed by atoms with van der Waals surface area (Å²) in [6, 6.07) is 1.61. The van der Waals surface area contributed by atoms with Gasteiger partial charge >= 0.3 is 0 Å². The first kappa shape index (κ1) is 15.2. The van der Waals surface area contributed by atoms with Crippen LogP contribution in [0.3, 0.4) is 0 Å². The molecule has 0 bridgehead atoms. The Morgan fingerprint density at radius 2 is 2.00 bits per heavy atom. The number of pyridine rings is 1. The third-order valence-corrected chi connectivity index (χ3v) is 4.37. The Bertz CT molecular complexity index is 582. The van der Waals surface area contributed by atoms with Gasteiger partial charge in [0.05, 0.1) is 28.1 Å². The Morgan fingerprint density at radius 1 is 1.26 bits per heavy atom. The monoisotopic (exact) mass is 450 g/mol. The van der Waals surface area contributed by atoms with Gasteiger partial charge < -0.3 is 5.73 Å². The maximum Gasteiger partial charge on any atom is 0.0920 e. The van der Waals surface area contributed by atoms with Crippen molar-refractivity contribution in [2.75, 3.05) is 0 Å². The Kier molecular flexibility index (Phi) is 5.16. The minimum atomic E-state index is -0.328. The molecule has 2 aromatic rings. The molecular formula is C12H13Br3N4. The molecule has 0 aliphatic heterocycles. The van der Waals surface area contributed by atoms with E-state index in [0.717, 1.165) is 37.8 Å². The van der Waals surface area contributed by atoms with Gasteiger partial charge in [-0.2, -0.15) is 5.10 Å². The van der Waals surface area contributed by atoms with E-state index in [2.05, 4.69) is 64.8 Å². The van der Waals surface area contributed by atoms with Crippen LogP contribution >= 0.6 is 47.8 Å². The molecule has 0 aliphatic rings. The van der Waals surface area contributed by atoms with Gasteiger partial charge in [-0.25, -0.2) is 0 Å². The van der Waals surface area contributed by atoms with Crippen LogP contribution in [-0.4, -0.2) is 14.8 Å². The fraction of sp³-hybridized carbons (Fsp3) is 0.333. The number of hydrogen-bond donors (Lipinski definition) is 1. The Balaban J connectivity index is 2.43. The lowest BCUT2D eigenvalue weighted by molar-refractivity contribution is 0.555. The molecule has 2 N–H and O–H groups in total. The maximum absolute atomic E-state index is 6.34. The van der Waals surface area contributed by atoms with Gasteiger partial charge in [0, 0.05) is 21.7 Å². The van der Waals surface area contributed by atoms with Gasteiger partial charge in [-0.1, -0.05) is 6.92 Å². The largest absolute Gasteiger partial charge is 0.318 e. The van der Waals surface area contributed by atoms with Crippen LogP contribution in [0.1, 0.15) is 30.8 Å². The van der Waals surface area contributed by atoms with Crippen LogP contribution in [0.2, 0.25) is 0 Å². The Morgan fingerprint density at radius 3 is 2.63 bits per heavy atom. The van der Waals surface area contributed by atoms with E-state index >= 15 is 0 Å². The van der Waals surface area contributed by atoms with Crippen LogP contribution in [0.4, 0.5) is 0 Å². The SMILES string of the molecule is CCCn1ncc(Br)c1C(N)c1ncc(Br)cc1Br.